The molecule has 0 spiro atoms. The maximum Gasteiger partial charge on any atom is 0.326 e. The molecule has 0 bridgehead atoms. The van der Waals surface area contributed by atoms with Crippen LogP contribution in [0.25, 0.3) is 0 Å². The highest BCUT2D eigenvalue weighted by Gasteiger charge is 2.21. The van der Waals surface area contributed by atoms with Crippen molar-refractivity contribution in [1.82, 2.24) is 10.6 Å². The quantitative estimate of drug-likeness (QED) is 0.636. The molecule has 17 heavy (non-hydrogen) atoms. The Morgan fingerprint density at radius 2 is 2.12 bits per heavy atom. The van der Waals surface area contributed by atoms with Crippen LogP contribution in [-0.4, -0.2) is 29.7 Å². The lowest BCUT2D eigenvalue weighted by molar-refractivity contribution is -0.139. The third kappa shape index (κ3) is 5.06. The summed E-state index contributed by atoms with van der Waals surface area (Å²) in [5, 5.41) is 14.2. The maximum absolute atomic E-state index is 11.5. The number of carbonyl (C=O) groups is 2. The first kappa shape index (κ1) is 13.8. The van der Waals surface area contributed by atoms with Crippen LogP contribution in [-0.2, 0) is 4.79 Å². The molecule has 1 atom stereocenters. The molecule has 98 valence electrons. The van der Waals surface area contributed by atoms with E-state index in [0.717, 1.165) is 12.8 Å². The minimum absolute atomic E-state index is 0.361. The highest BCUT2D eigenvalue weighted by Crippen LogP contribution is 2.24. The SMILES string of the molecule is CCCC[C@H](NC(=O)NCC1CCC1)C(=O)O. The first-order chi connectivity index (χ1) is 8.13. The van der Waals surface area contributed by atoms with E-state index in [4.69, 9.17) is 5.11 Å². The summed E-state index contributed by atoms with van der Waals surface area (Å²) in [6, 6.07) is -1.13. The molecule has 5 nitrogen and oxygen atoms in total. The Hall–Kier alpha value is -1.26. The van der Waals surface area contributed by atoms with Gasteiger partial charge in [-0.3, -0.25) is 0 Å². The standard InChI is InChI=1S/C12H22N2O3/c1-2-3-7-10(11(15)16)14-12(17)13-8-9-5-4-6-9/h9-10H,2-8H2,1H3,(H,15,16)(H2,13,14,17)/t10-/m0/s1. The van der Waals surface area contributed by atoms with Gasteiger partial charge in [0.2, 0.25) is 0 Å². The van der Waals surface area contributed by atoms with E-state index in [2.05, 4.69) is 10.6 Å². The predicted molar refractivity (Wildman–Crippen MR) is 64.8 cm³/mol. The van der Waals surface area contributed by atoms with Crippen LogP contribution < -0.4 is 10.6 Å². The number of hydrogen-bond donors (Lipinski definition) is 3. The summed E-state index contributed by atoms with van der Waals surface area (Å²) in [4.78, 5) is 22.4. The van der Waals surface area contributed by atoms with Gasteiger partial charge in [-0.05, 0) is 25.2 Å². The van der Waals surface area contributed by atoms with Gasteiger partial charge in [0, 0.05) is 6.54 Å². The zero-order valence-electron chi connectivity index (χ0n) is 10.4. The minimum atomic E-state index is -0.961. The number of rotatable bonds is 7. The van der Waals surface area contributed by atoms with E-state index in [1.165, 1.54) is 19.3 Å². The number of carboxylic acid groups (broad SMARTS) is 1. The van der Waals surface area contributed by atoms with Crippen LogP contribution in [0.1, 0.15) is 45.4 Å². The Morgan fingerprint density at radius 3 is 2.59 bits per heavy atom. The summed E-state index contributed by atoms with van der Waals surface area (Å²) in [5.41, 5.74) is 0. The first-order valence-electron chi connectivity index (χ1n) is 6.40. The third-order valence-corrected chi connectivity index (χ3v) is 3.23. The van der Waals surface area contributed by atoms with Gasteiger partial charge in [0.05, 0.1) is 0 Å². The minimum Gasteiger partial charge on any atom is -0.480 e. The summed E-state index contributed by atoms with van der Waals surface area (Å²) < 4.78 is 0. The Bertz CT molecular complexity index is 264. The normalized spacial score (nSPS) is 17.0. The maximum atomic E-state index is 11.5. The second-order valence-corrected chi connectivity index (χ2v) is 4.68. The molecule has 2 amide bonds. The highest BCUT2D eigenvalue weighted by molar-refractivity contribution is 5.82. The van der Waals surface area contributed by atoms with E-state index >= 15 is 0 Å². The Morgan fingerprint density at radius 1 is 1.41 bits per heavy atom. The zero-order chi connectivity index (χ0) is 12.7. The molecule has 0 aromatic heterocycles. The molecular weight excluding hydrogens is 220 g/mol. The van der Waals surface area contributed by atoms with E-state index in [1.807, 2.05) is 6.92 Å². The van der Waals surface area contributed by atoms with Crippen molar-refractivity contribution in [2.24, 2.45) is 5.92 Å². The number of urea groups is 1. The summed E-state index contributed by atoms with van der Waals surface area (Å²) in [6.07, 6.45) is 5.79. The van der Waals surface area contributed by atoms with Crippen molar-refractivity contribution < 1.29 is 14.7 Å². The Kier molecular flexibility index (Phi) is 5.80. The van der Waals surface area contributed by atoms with Crippen molar-refractivity contribution in [2.75, 3.05) is 6.54 Å². The second-order valence-electron chi connectivity index (χ2n) is 4.68. The number of carboxylic acids is 1. The smallest absolute Gasteiger partial charge is 0.326 e. The van der Waals surface area contributed by atoms with Crippen LogP contribution in [0.15, 0.2) is 0 Å². The molecule has 0 unspecified atom stereocenters. The fourth-order valence-electron chi connectivity index (χ4n) is 1.81. The molecule has 0 aromatic rings. The van der Waals surface area contributed by atoms with E-state index in [-0.39, 0.29) is 6.03 Å². The van der Waals surface area contributed by atoms with Crippen molar-refractivity contribution >= 4 is 12.0 Å². The van der Waals surface area contributed by atoms with Crippen LogP contribution in [0.4, 0.5) is 4.79 Å². The van der Waals surface area contributed by atoms with Gasteiger partial charge < -0.3 is 15.7 Å². The van der Waals surface area contributed by atoms with Crippen molar-refractivity contribution in [2.45, 2.75) is 51.5 Å². The van der Waals surface area contributed by atoms with Gasteiger partial charge in [-0.2, -0.15) is 0 Å². The van der Waals surface area contributed by atoms with E-state index < -0.39 is 12.0 Å². The zero-order valence-corrected chi connectivity index (χ0v) is 10.4. The van der Waals surface area contributed by atoms with E-state index in [0.29, 0.717) is 18.9 Å². The van der Waals surface area contributed by atoms with Gasteiger partial charge in [-0.25, -0.2) is 9.59 Å². The molecule has 1 rings (SSSR count). The molecule has 1 aliphatic carbocycles. The van der Waals surface area contributed by atoms with Crippen molar-refractivity contribution in [3.05, 3.63) is 0 Å². The van der Waals surface area contributed by atoms with Crippen LogP contribution in [0.3, 0.4) is 0 Å². The van der Waals surface area contributed by atoms with Crippen LogP contribution in [0, 0.1) is 5.92 Å². The average molecular weight is 242 g/mol. The van der Waals surface area contributed by atoms with Gasteiger partial charge in [0.1, 0.15) is 6.04 Å². The van der Waals surface area contributed by atoms with E-state index in [9.17, 15) is 9.59 Å². The molecule has 5 heteroatoms. The largest absolute Gasteiger partial charge is 0.480 e. The molecule has 0 aromatic carbocycles. The van der Waals surface area contributed by atoms with Crippen molar-refractivity contribution in [3.8, 4) is 0 Å². The number of nitrogens with one attached hydrogen (secondary N) is 2. The number of carbonyl (C=O) groups excluding carboxylic acids is 1. The molecule has 0 saturated heterocycles. The third-order valence-electron chi connectivity index (χ3n) is 3.23. The van der Waals surface area contributed by atoms with Gasteiger partial charge in [0.15, 0.2) is 0 Å². The summed E-state index contributed by atoms with van der Waals surface area (Å²) in [7, 11) is 0. The van der Waals surface area contributed by atoms with Crippen molar-refractivity contribution in [1.29, 1.82) is 0 Å². The number of hydrogen-bond acceptors (Lipinski definition) is 2. The fourth-order valence-corrected chi connectivity index (χ4v) is 1.81. The Labute approximate surface area is 102 Å². The fraction of sp³-hybridized carbons (Fsp3) is 0.833. The second kappa shape index (κ2) is 7.14. The summed E-state index contributed by atoms with van der Waals surface area (Å²) in [5.74, 6) is -0.378. The Balaban J connectivity index is 2.22. The monoisotopic (exact) mass is 242 g/mol. The van der Waals surface area contributed by atoms with Gasteiger partial charge in [-0.15, -0.1) is 0 Å². The van der Waals surface area contributed by atoms with Crippen LogP contribution in [0.5, 0.6) is 0 Å². The molecule has 0 aliphatic heterocycles. The number of aliphatic carboxylic acids is 1. The topological polar surface area (TPSA) is 78.4 Å². The van der Waals surface area contributed by atoms with E-state index in [1.54, 1.807) is 0 Å². The van der Waals surface area contributed by atoms with Crippen molar-refractivity contribution in [3.63, 3.8) is 0 Å². The number of amides is 2. The molecule has 1 saturated carbocycles. The van der Waals surface area contributed by atoms with Crippen LogP contribution >= 0.6 is 0 Å². The highest BCUT2D eigenvalue weighted by atomic mass is 16.4. The summed E-state index contributed by atoms with van der Waals surface area (Å²) >= 11 is 0. The number of unbranched alkanes of at least 4 members (excludes halogenated alkanes) is 1. The van der Waals surface area contributed by atoms with Gasteiger partial charge in [0.25, 0.3) is 0 Å². The molecular formula is C12H22N2O3. The molecule has 1 aliphatic rings. The van der Waals surface area contributed by atoms with Crippen LogP contribution in [0.2, 0.25) is 0 Å². The first-order valence-corrected chi connectivity index (χ1v) is 6.40. The molecule has 3 N–H and O–H groups in total. The lowest BCUT2D eigenvalue weighted by Gasteiger charge is -2.25. The lowest BCUT2D eigenvalue weighted by Crippen LogP contribution is -2.47. The molecule has 1 fully saturated rings. The molecule has 0 heterocycles. The lowest BCUT2D eigenvalue weighted by atomic mass is 9.85. The molecule has 0 radical (unpaired) electrons. The predicted octanol–water partition coefficient (Wildman–Crippen LogP) is 1.73. The van der Waals surface area contributed by atoms with Gasteiger partial charge >= 0.3 is 12.0 Å². The summed E-state index contributed by atoms with van der Waals surface area (Å²) in [6.45, 7) is 2.65. The average Bonchev–Trinajstić information content (AvgIpc) is 2.21. The van der Waals surface area contributed by atoms with Gasteiger partial charge in [-0.1, -0.05) is 26.2 Å².